The van der Waals surface area contributed by atoms with E-state index in [1.54, 1.807) is 59.3 Å². The van der Waals surface area contributed by atoms with Gasteiger partial charge in [0.25, 0.3) is 0 Å². The smallest absolute Gasteiger partial charge is 0.225 e. The minimum absolute atomic E-state index is 0.0165. The van der Waals surface area contributed by atoms with Gasteiger partial charge in [0.15, 0.2) is 17.1 Å². The summed E-state index contributed by atoms with van der Waals surface area (Å²) in [6.07, 6.45) is 3.13. The van der Waals surface area contributed by atoms with Gasteiger partial charge >= 0.3 is 0 Å². The van der Waals surface area contributed by atoms with Crippen LogP contribution in [0, 0.1) is 0 Å². The number of benzene rings is 1. The molecule has 0 spiro atoms. The summed E-state index contributed by atoms with van der Waals surface area (Å²) in [7, 11) is 1.60. The van der Waals surface area contributed by atoms with Crippen LogP contribution in [0.5, 0.6) is 5.75 Å². The van der Waals surface area contributed by atoms with Gasteiger partial charge in [0.1, 0.15) is 12.4 Å². The molecule has 0 amide bonds. The van der Waals surface area contributed by atoms with Crippen LogP contribution in [0.3, 0.4) is 0 Å². The highest BCUT2D eigenvalue weighted by molar-refractivity contribution is 5.90. The fourth-order valence-corrected chi connectivity index (χ4v) is 4.12. The molecule has 5 aromatic rings. The lowest BCUT2D eigenvalue weighted by atomic mass is 10.2. The van der Waals surface area contributed by atoms with E-state index >= 15 is 0 Å². The minimum Gasteiger partial charge on any atom is -0.491 e. The lowest BCUT2D eigenvalue weighted by Gasteiger charge is -2.36. The summed E-state index contributed by atoms with van der Waals surface area (Å²) in [6, 6.07) is 10.7. The zero-order valence-electron chi connectivity index (χ0n) is 24.2. The Morgan fingerprint density at radius 1 is 1.05 bits per heavy atom. The van der Waals surface area contributed by atoms with Gasteiger partial charge in [-0.05, 0) is 36.4 Å². The highest BCUT2D eigenvalue weighted by Gasteiger charge is 2.20. The Balaban J connectivity index is 1.19. The van der Waals surface area contributed by atoms with Gasteiger partial charge in [-0.3, -0.25) is 4.90 Å². The second kappa shape index (κ2) is 10.1. The largest absolute Gasteiger partial charge is 0.491 e. The van der Waals surface area contributed by atoms with Crippen LogP contribution < -0.4 is 15.4 Å². The summed E-state index contributed by atoms with van der Waals surface area (Å²) in [5.41, 5.74) is 7.79. The Morgan fingerprint density at radius 3 is 2.65 bits per heavy atom. The van der Waals surface area contributed by atoms with Crippen molar-refractivity contribution in [2.24, 2.45) is 0 Å². The minimum atomic E-state index is -1.97. The normalized spacial score (nSPS) is 19.0. The van der Waals surface area contributed by atoms with Crippen molar-refractivity contribution >= 4 is 28.3 Å². The molecule has 1 aliphatic rings. The standard InChI is InChI=1S/C25H29N9O3/c1-35-15-16-36-19-6-4-18(5-7-19)32-11-8-31(9-12-32)10-13-33-23-20(17-27-33)24-28-22(21-3-2-14-37-21)30-34(24)25(26)29-23/h2-7,14,17H,8-13,15-16H2,1H3,(H2,26,29)/i8D2,9D2. The number of fused-ring (bicyclic) bond motifs is 3. The number of aromatic nitrogens is 6. The van der Waals surface area contributed by atoms with E-state index in [0.717, 1.165) is 0 Å². The Morgan fingerprint density at radius 2 is 1.89 bits per heavy atom. The average Bonchev–Trinajstić information content (AvgIpc) is 3.68. The maximum Gasteiger partial charge on any atom is 0.225 e. The van der Waals surface area contributed by atoms with Crippen molar-refractivity contribution in [2.75, 3.05) is 63.6 Å². The van der Waals surface area contributed by atoms with Crippen LogP contribution in [0.1, 0.15) is 5.48 Å². The fraction of sp³-hybridized carbons (Fsp3) is 0.360. The van der Waals surface area contributed by atoms with E-state index in [0.29, 0.717) is 52.9 Å². The molecule has 0 aliphatic carbocycles. The molecule has 6 rings (SSSR count). The molecule has 1 saturated heterocycles. The molecule has 5 heterocycles. The van der Waals surface area contributed by atoms with E-state index in [4.69, 9.17) is 25.1 Å². The molecule has 1 aromatic carbocycles. The average molecular weight is 508 g/mol. The zero-order valence-corrected chi connectivity index (χ0v) is 20.2. The van der Waals surface area contributed by atoms with Gasteiger partial charge in [0, 0.05) is 50.9 Å². The van der Waals surface area contributed by atoms with Gasteiger partial charge in [-0.1, -0.05) is 0 Å². The van der Waals surface area contributed by atoms with Crippen LogP contribution in [0.25, 0.3) is 28.3 Å². The molecular formula is C25H29N9O3. The van der Waals surface area contributed by atoms with E-state index in [1.165, 1.54) is 15.7 Å². The van der Waals surface area contributed by atoms with Crippen LogP contribution in [-0.2, 0) is 11.3 Å². The summed E-state index contributed by atoms with van der Waals surface area (Å²) < 4.78 is 54.0. The van der Waals surface area contributed by atoms with Crippen molar-refractivity contribution in [1.82, 2.24) is 34.3 Å². The predicted octanol–water partition coefficient (Wildman–Crippen LogP) is 2.16. The predicted molar refractivity (Wildman–Crippen MR) is 139 cm³/mol. The van der Waals surface area contributed by atoms with Gasteiger partial charge in [-0.25, -0.2) is 9.67 Å². The number of hydrogen-bond acceptors (Lipinski definition) is 10. The second-order valence-electron chi connectivity index (χ2n) is 8.38. The van der Waals surface area contributed by atoms with Crippen LogP contribution in [0.2, 0.25) is 0 Å². The lowest BCUT2D eigenvalue weighted by Crippen LogP contribution is -2.47. The molecule has 12 nitrogen and oxygen atoms in total. The number of nitrogen functional groups attached to an aromatic ring is 1. The number of methoxy groups -OCH3 is 1. The quantitative estimate of drug-likeness (QED) is 0.297. The molecule has 0 bridgehead atoms. The first-order valence-corrected chi connectivity index (χ1v) is 11.8. The van der Waals surface area contributed by atoms with Crippen LogP contribution in [0.4, 0.5) is 11.6 Å². The third-order valence-corrected chi connectivity index (χ3v) is 6.04. The molecule has 37 heavy (non-hydrogen) atoms. The second-order valence-corrected chi connectivity index (χ2v) is 8.38. The molecule has 12 heteroatoms. The molecule has 0 atom stereocenters. The Bertz CT molecular complexity index is 1640. The number of ether oxygens (including phenoxy) is 2. The zero-order chi connectivity index (χ0) is 28.8. The van der Waals surface area contributed by atoms with Crippen LogP contribution in [-0.4, -0.2) is 87.2 Å². The van der Waals surface area contributed by atoms with Crippen LogP contribution >= 0.6 is 0 Å². The molecule has 0 radical (unpaired) electrons. The summed E-state index contributed by atoms with van der Waals surface area (Å²) in [4.78, 5) is 11.9. The monoisotopic (exact) mass is 507 g/mol. The van der Waals surface area contributed by atoms with Crippen molar-refractivity contribution in [3.63, 3.8) is 0 Å². The molecule has 0 unspecified atom stereocenters. The highest BCUT2D eigenvalue weighted by atomic mass is 16.5. The third kappa shape index (κ3) is 4.68. The number of nitrogens with two attached hydrogens (primary N) is 1. The third-order valence-electron chi connectivity index (χ3n) is 6.04. The first kappa shape index (κ1) is 19.0. The highest BCUT2D eigenvalue weighted by Crippen LogP contribution is 2.24. The molecule has 1 aliphatic heterocycles. The molecule has 1 fully saturated rings. The van der Waals surface area contributed by atoms with Crippen molar-refractivity contribution < 1.29 is 19.4 Å². The Hall–Kier alpha value is -4.16. The van der Waals surface area contributed by atoms with Crippen molar-refractivity contribution in [3.05, 3.63) is 48.9 Å². The fourth-order valence-electron chi connectivity index (χ4n) is 4.12. The number of piperazine rings is 1. The van der Waals surface area contributed by atoms with E-state index in [1.807, 2.05) is 0 Å². The molecular weight excluding hydrogens is 474 g/mol. The summed E-state index contributed by atoms with van der Waals surface area (Å²) >= 11 is 0. The molecule has 192 valence electrons. The van der Waals surface area contributed by atoms with Crippen molar-refractivity contribution in [2.45, 2.75) is 6.54 Å². The Kier molecular flexibility index (Phi) is 5.18. The van der Waals surface area contributed by atoms with Gasteiger partial charge < -0.3 is 24.5 Å². The van der Waals surface area contributed by atoms with Gasteiger partial charge in [-0.2, -0.15) is 14.6 Å². The van der Waals surface area contributed by atoms with Gasteiger partial charge in [0.05, 0.1) is 31.0 Å². The van der Waals surface area contributed by atoms with E-state index < -0.39 is 13.0 Å². The van der Waals surface area contributed by atoms with E-state index in [-0.39, 0.29) is 32.1 Å². The van der Waals surface area contributed by atoms with E-state index in [2.05, 4.69) is 20.2 Å². The molecule has 2 N–H and O–H groups in total. The van der Waals surface area contributed by atoms with Crippen molar-refractivity contribution in [3.8, 4) is 17.3 Å². The number of furan rings is 1. The van der Waals surface area contributed by atoms with E-state index in [9.17, 15) is 0 Å². The maximum absolute atomic E-state index is 8.75. The maximum atomic E-state index is 8.75. The van der Waals surface area contributed by atoms with Crippen LogP contribution in [0.15, 0.2) is 53.3 Å². The number of hydrogen-bond donors (Lipinski definition) is 1. The topological polar surface area (TPSA) is 125 Å². The molecule has 0 saturated carbocycles. The summed E-state index contributed by atoms with van der Waals surface area (Å²) in [5.74, 6) is 1.62. The summed E-state index contributed by atoms with van der Waals surface area (Å²) in [5, 5.41) is 9.42. The summed E-state index contributed by atoms with van der Waals surface area (Å²) in [6.45, 7) is -2.85. The molecule has 4 aromatic heterocycles. The van der Waals surface area contributed by atoms with Gasteiger partial charge in [0.2, 0.25) is 11.8 Å². The number of rotatable bonds is 9. The first-order chi connectivity index (χ1) is 19.7. The van der Waals surface area contributed by atoms with Crippen molar-refractivity contribution in [1.29, 1.82) is 0 Å². The Labute approximate surface area is 218 Å². The first-order valence-electron chi connectivity index (χ1n) is 13.8. The number of anilines is 2. The lowest BCUT2D eigenvalue weighted by molar-refractivity contribution is 0.146. The number of nitrogens with zero attached hydrogens (tertiary/aromatic N) is 8. The SMILES string of the molecule is [2H]C1([2H])CN(c2ccc(OCCOC)cc2)CC([2H])([2H])N1CCn1ncc2c1nc(N)n1nc(-c3ccco3)nc21. The van der Waals surface area contributed by atoms with Gasteiger partial charge in [-0.15, -0.1) is 5.10 Å².